The number of nitrogens with one attached hydrogen (secondary N) is 1. The smallest absolute Gasteiger partial charge is 0.223 e. The van der Waals surface area contributed by atoms with Gasteiger partial charge in [0.2, 0.25) is 5.91 Å². The first-order valence-corrected chi connectivity index (χ1v) is 8.08. The van der Waals surface area contributed by atoms with Gasteiger partial charge in [0.05, 0.1) is 6.04 Å². The predicted molar refractivity (Wildman–Crippen MR) is 96.6 cm³/mol. The van der Waals surface area contributed by atoms with Crippen molar-refractivity contribution in [1.29, 1.82) is 0 Å². The molecule has 1 aliphatic heterocycles. The van der Waals surface area contributed by atoms with Gasteiger partial charge in [-0.1, -0.05) is 48.5 Å². The molecule has 124 valence electrons. The highest BCUT2D eigenvalue weighted by Crippen LogP contribution is 2.36. The number of guanidine groups is 1. The third-order valence-electron chi connectivity index (χ3n) is 4.38. The fourth-order valence-electron chi connectivity index (χ4n) is 3.19. The Morgan fingerprint density at radius 1 is 1.17 bits per heavy atom. The van der Waals surface area contributed by atoms with E-state index in [4.69, 9.17) is 5.73 Å². The van der Waals surface area contributed by atoms with E-state index in [1.807, 2.05) is 60.5 Å². The van der Waals surface area contributed by atoms with Crippen molar-refractivity contribution < 1.29 is 4.79 Å². The zero-order chi connectivity index (χ0) is 16.9. The lowest BCUT2D eigenvalue weighted by atomic mass is 9.94. The van der Waals surface area contributed by atoms with Gasteiger partial charge >= 0.3 is 0 Å². The number of carbonyl (C=O) groups is 1. The fraction of sp³-hybridized carbons (Fsp3) is 0.263. The zero-order valence-electron chi connectivity index (χ0n) is 13.7. The third-order valence-corrected chi connectivity index (χ3v) is 4.38. The molecule has 1 aliphatic rings. The van der Waals surface area contributed by atoms with Gasteiger partial charge in [0, 0.05) is 31.6 Å². The summed E-state index contributed by atoms with van der Waals surface area (Å²) in [6.07, 6.45) is 0.498. The molecule has 24 heavy (non-hydrogen) atoms. The molecule has 2 aromatic rings. The van der Waals surface area contributed by atoms with Crippen LogP contribution in [0.4, 0.5) is 5.69 Å². The molecule has 5 heteroatoms. The van der Waals surface area contributed by atoms with Crippen LogP contribution >= 0.6 is 0 Å². The minimum atomic E-state index is 0.0481. The Morgan fingerprint density at radius 3 is 2.46 bits per heavy atom. The molecular formula is C19H22N4O. The minimum absolute atomic E-state index is 0.0481. The molecule has 0 saturated carbocycles. The van der Waals surface area contributed by atoms with Gasteiger partial charge in [-0.3, -0.25) is 9.79 Å². The first kappa shape index (κ1) is 16.1. The molecule has 1 heterocycles. The van der Waals surface area contributed by atoms with Gasteiger partial charge in [0.1, 0.15) is 0 Å². The van der Waals surface area contributed by atoms with Crippen LogP contribution in [0, 0.1) is 5.92 Å². The number of carbonyl (C=O) groups excluding carboxylic acids is 1. The second-order valence-corrected chi connectivity index (χ2v) is 6.04. The molecule has 2 aromatic carbocycles. The monoisotopic (exact) mass is 322 g/mol. The van der Waals surface area contributed by atoms with Gasteiger partial charge in [-0.25, -0.2) is 0 Å². The Morgan fingerprint density at radius 2 is 1.79 bits per heavy atom. The maximum Gasteiger partial charge on any atom is 0.223 e. The second-order valence-electron chi connectivity index (χ2n) is 6.04. The van der Waals surface area contributed by atoms with Crippen molar-refractivity contribution in [3.8, 4) is 0 Å². The van der Waals surface area contributed by atoms with Crippen LogP contribution in [0.3, 0.4) is 0 Å². The van der Waals surface area contributed by atoms with Crippen LogP contribution in [-0.2, 0) is 4.79 Å². The van der Waals surface area contributed by atoms with Gasteiger partial charge in [0.15, 0.2) is 5.96 Å². The van der Waals surface area contributed by atoms with E-state index >= 15 is 0 Å². The average Bonchev–Trinajstić information content (AvgIpc) is 2.89. The summed E-state index contributed by atoms with van der Waals surface area (Å²) in [5, 5.41) is 3.07. The molecular weight excluding hydrogens is 300 g/mol. The van der Waals surface area contributed by atoms with E-state index < -0.39 is 0 Å². The van der Waals surface area contributed by atoms with Gasteiger partial charge in [0.25, 0.3) is 0 Å². The summed E-state index contributed by atoms with van der Waals surface area (Å²) in [6, 6.07) is 19.8. The largest absolute Gasteiger partial charge is 0.370 e. The summed E-state index contributed by atoms with van der Waals surface area (Å²) in [5.74, 6) is 0.648. The van der Waals surface area contributed by atoms with Crippen LogP contribution in [0.25, 0.3) is 0 Å². The first-order valence-electron chi connectivity index (χ1n) is 8.08. The highest BCUT2D eigenvalue weighted by molar-refractivity contribution is 5.92. The molecule has 1 fully saturated rings. The maximum atomic E-state index is 12.1. The fourth-order valence-corrected chi connectivity index (χ4v) is 3.19. The number of amides is 1. The molecule has 1 amide bonds. The van der Waals surface area contributed by atoms with E-state index in [9.17, 15) is 4.79 Å². The van der Waals surface area contributed by atoms with Crippen molar-refractivity contribution in [3.63, 3.8) is 0 Å². The molecule has 0 bridgehead atoms. The first-order chi connectivity index (χ1) is 11.6. The predicted octanol–water partition coefficient (Wildman–Crippen LogP) is 2.63. The Kier molecular flexibility index (Phi) is 4.79. The summed E-state index contributed by atoms with van der Waals surface area (Å²) in [6.45, 7) is 0.515. The van der Waals surface area contributed by atoms with E-state index in [0.717, 1.165) is 11.3 Å². The molecule has 0 spiro atoms. The summed E-state index contributed by atoms with van der Waals surface area (Å²) in [5.41, 5.74) is 8.02. The van der Waals surface area contributed by atoms with Crippen LogP contribution in [-0.4, -0.2) is 30.4 Å². The standard InChI is InChI=1S/C19H22N4O/c1-23-17(24)12-15(18(23)14-8-4-2-5-9-14)13-21-19(20)22-16-10-6-3-7-11-16/h2-11,15,18H,12-13H2,1H3,(H3,20,21,22)/t15-,18-/m0/s1. The number of aliphatic imine (C=N–C) groups is 1. The van der Waals surface area contributed by atoms with Crippen molar-refractivity contribution in [3.05, 3.63) is 66.2 Å². The van der Waals surface area contributed by atoms with Crippen molar-refractivity contribution >= 4 is 17.6 Å². The van der Waals surface area contributed by atoms with E-state index in [0.29, 0.717) is 18.9 Å². The van der Waals surface area contributed by atoms with E-state index in [1.165, 1.54) is 0 Å². The number of likely N-dealkylation sites (tertiary alicyclic amines) is 1. The molecule has 0 unspecified atom stereocenters. The Labute approximate surface area is 142 Å². The number of benzene rings is 2. The van der Waals surface area contributed by atoms with Crippen LogP contribution < -0.4 is 11.1 Å². The molecule has 0 radical (unpaired) electrons. The molecule has 5 nitrogen and oxygen atoms in total. The van der Waals surface area contributed by atoms with Gasteiger partial charge in [-0.05, 0) is 17.7 Å². The third kappa shape index (κ3) is 3.56. The summed E-state index contributed by atoms with van der Waals surface area (Å²) in [7, 11) is 1.86. The number of anilines is 1. The van der Waals surface area contributed by atoms with Crippen LogP contribution in [0.5, 0.6) is 0 Å². The van der Waals surface area contributed by atoms with Gasteiger partial charge < -0.3 is 16.0 Å². The molecule has 0 aromatic heterocycles. The normalized spacial score (nSPS) is 21.1. The van der Waals surface area contributed by atoms with E-state index in [2.05, 4.69) is 22.4 Å². The van der Waals surface area contributed by atoms with Crippen molar-refractivity contribution in [1.82, 2.24) is 4.90 Å². The summed E-state index contributed by atoms with van der Waals surface area (Å²) in [4.78, 5) is 18.4. The van der Waals surface area contributed by atoms with Crippen molar-refractivity contribution in [2.75, 3.05) is 18.9 Å². The minimum Gasteiger partial charge on any atom is -0.370 e. The van der Waals surface area contributed by atoms with E-state index in [1.54, 1.807) is 0 Å². The lowest BCUT2D eigenvalue weighted by molar-refractivity contribution is -0.127. The molecule has 0 aliphatic carbocycles. The van der Waals surface area contributed by atoms with Gasteiger partial charge in [-0.2, -0.15) is 0 Å². The van der Waals surface area contributed by atoms with Crippen molar-refractivity contribution in [2.45, 2.75) is 12.5 Å². The Hall–Kier alpha value is -2.82. The number of nitrogens with two attached hydrogens (primary N) is 1. The molecule has 3 rings (SSSR count). The summed E-state index contributed by atoms with van der Waals surface area (Å²) >= 11 is 0. The van der Waals surface area contributed by atoms with Gasteiger partial charge in [-0.15, -0.1) is 0 Å². The van der Waals surface area contributed by atoms with E-state index in [-0.39, 0.29) is 17.9 Å². The Balaban J connectivity index is 1.71. The van der Waals surface area contributed by atoms with Crippen molar-refractivity contribution in [2.24, 2.45) is 16.6 Å². The number of hydrogen-bond donors (Lipinski definition) is 2. The molecule has 1 saturated heterocycles. The number of nitrogens with zero attached hydrogens (tertiary/aromatic N) is 2. The Bertz CT molecular complexity index is 715. The van der Waals surface area contributed by atoms with Crippen LogP contribution in [0.1, 0.15) is 18.0 Å². The van der Waals surface area contributed by atoms with Crippen LogP contribution in [0.15, 0.2) is 65.7 Å². The highest BCUT2D eigenvalue weighted by atomic mass is 16.2. The SMILES string of the molecule is CN1C(=O)C[C@@H](CN=C(N)Nc2ccccc2)[C@@H]1c1ccccc1. The maximum absolute atomic E-state index is 12.1. The molecule has 3 N–H and O–H groups in total. The summed E-state index contributed by atoms with van der Waals surface area (Å²) < 4.78 is 0. The lowest BCUT2D eigenvalue weighted by Gasteiger charge is -2.24. The molecule has 2 atom stereocenters. The zero-order valence-corrected chi connectivity index (χ0v) is 13.7. The highest BCUT2D eigenvalue weighted by Gasteiger charge is 2.38. The quantitative estimate of drug-likeness (QED) is 0.671. The number of para-hydroxylation sites is 1. The van der Waals surface area contributed by atoms with Crippen LogP contribution in [0.2, 0.25) is 0 Å². The topological polar surface area (TPSA) is 70.7 Å². The number of hydrogen-bond acceptors (Lipinski definition) is 2. The lowest BCUT2D eigenvalue weighted by Crippen LogP contribution is -2.26. The average molecular weight is 322 g/mol. The second kappa shape index (κ2) is 7.17. The number of rotatable bonds is 4.